The zero-order valence-electron chi connectivity index (χ0n) is 74.5. The maximum absolute atomic E-state index is 5.00. The first-order chi connectivity index (χ1) is 61.7. The van der Waals surface area contributed by atoms with E-state index in [1.54, 1.807) is 0 Å². The second-order valence-corrected chi connectivity index (χ2v) is 39.5. The van der Waals surface area contributed by atoms with Crippen LogP contribution < -0.4 is 22.5 Å². The summed E-state index contributed by atoms with van der Waals surface area (Å²) in [4.78, 5) is 24.1. The quantitative estimate of drug-likeness (QED) is 0.126. The highest BCUT2D eigenvalue weighted by molar-refractivity contribution is 6.18. The van der Waals surface area contributed by atoms with E-state index in [1.807, 2.05) is 49.2 Å². The third-order valence-electron chi connectivity index (χ3n) is 28.7. The summed E-state index contributed by atoms with van der Waals surface area (Å²) in [6.07, 6.45) is 14.0. The summed E-state index contributed by atoms with van der Waals surface area (Å²) in [7, 11) is 0. The summed E-state index contributed by atoms with van der Waals surface area (Å²) in [6, 6.07) is 79.5. The molecule has 127 heavy (non-hydrogen) atoms. The summed E-state index contributed by atoms with van der Waals surface area (Å²) < 4.78 is 24.1. The predicted molar refractivity (Wildman–Crippen MR) is 516 cm³/mol. The molecular formula is C112H100N15+5. The van der Waals surface area contributed by atoms with Gasteiger partial charge in [0.05, 0.1) is 67.2 Å². The molecule has 0 aliphatic carbocycles. The molecule has 15 heteroatoms. The highest BCUT2D eigenvalue weighted by Gasteiger charge is 2.42. The van der Waals surface area contributed by atoms with E-state index in [2.05, 4.69) is 354 Å². The third kappa shape index (κ3) is 10.5. The number of aromatic nitrogens is 15. The van der Waals surface area contributed by atoms with Crippen LogP contribution in [-0.2, 0) is 32.7 Å². The highest BCUT2D eigenvalue weighted by atomic mass is 15.2. The van der Waals surface area contributed by atoms with Gasteiger partial charge in [-0.1, -0.05) is 224 Å². The van der Waals surface area contributed by atoms with Crippen LogP contribution in [-0.4, -0.2) is 47.3 Å². The molecule has 0 bridgehead atoms. The Balaban J connectivity index is 0.0000000867. The molecule has 0 amide bonds. The number of nitrogens with zero attached hydrogens (tertiary/aromatic N) is 15. The number of para-hydroxylation sites is 6. The van der Waals surface area contributed by atoms with E-state index in [1.165, 1.54) is 209 Å². The molecule has 5 aliphatic heterocycles. The lowest BCUT2D eigenvalue weighted by Crippen LogP contribution is -2.31. The molecule has 9 aromatic carbocycles. The van der Waals surface area contributed by atoms with Gasteiger partial charge in [0, 0.05) is 62.6 Å². The molecular weight excluding hydrogens is 1560 g/mol. The lowest BCUT2D eigenvalue weighted by molar-refractivity contribution is -0.657. The number of hydrogen-bond acceptors (Lipinski definition) is 5. The summed E-state index contributed by atoms with van der Waals surface area (Å²) in [6.45, 7) is 37.1. The molecule has 0 atom stereocenters. The fraction of sp³-hybridized carbons (Fsp3) is 0.232. The summed E-state index contributed by atoms with van der Waals surface area (Å²) in [5.41, 5.74) is 40.2. The van der Waals surface area contributed by atoms with Gasteiger partial charge in [-0.2, -0.15) is 22.0 Å². The molecule has 15 nitrogen and oxygen atoms in total. The monoisotopic (exact) mass is 1650 g/mol. The van der Waals surface area contributed by atoms with Crippen LogP contribution in [0.4, 0.5) is 0 Å². The Kier molecular flexibility index (Phi) is 16.1. The molecule has 0 saturated carbocycles. The van der Waals surface area contributed by atoms with Crippen molar-refractivity contribution in [1.82, 2.24) is 47.3 Å². The Hall–Kier alpha value is -14.2. The number of rotatable bonds is 5. The van der Waals surface area contributed by atoms with Crippen LogP contribution in [0.1, 0.15) is 182 Å². The number of benzene rings is 9. The van der Waals surface area contributed by atoms with E-state index in [9.17, 15) is 0 Å². The van der Waals surface area contributed by atoms with Crippen LogP contribution in [0.5, 0.6) is 0 Å². The van der Waals surface area contributed by atoms with Crippen LogP contribution in [0.25, 0.3) is 181 Å². The zero-order chi connectivity index (χ0) is 86.0. The lowest BCUT2D eigenvalue weighted by Gasteiger charge is -2.41. The molecule has 618 valence electrons. The fourth-order valence-electron chi connectivity index (χ4n) is 24.2. The van der Waals surface area contributed by atoms with Gasteiger partial charge in [-0.3, -0.25) is 19.5 Å². The van der Waals surface area contributed by atoms with Crippen LogP contribution in [0.15, 0.2) is 262 Å². The van der Waals surface area contributed by atoms with Crippen molar-refractivity contribution in [2.24, 2.45) is 10.8 Å². The van der Waals surface area contributed by atoms with Crippen molar-refractivity contribution in [3.8, 4) is 0 Å². The van der Waals surface area contributed by atoms with Gasteiger partial charge in [0.25, 0.3) is 22.6 Å². The van der Waals surface area contributed by atoms with Crippen molar-refractivity contribution >= 4 is 181 Å². The Labute approximate surface area is 734 Å². The fourth-order valence-corrected chi connectivity index (χ4v) is 24.2. The predicted octanol–water partition coefficient (Wildman–Crippen LogP) is 23.7. The largest absolute Gasteiger partial charge is 0.307 e. The molecule has 24 aromatic rings. The van der Waals surface area contributed by atoms with Crippen molar-refractivity contribution in [2.45, 2.75) is 159 Å². The molecule has 0 fully saturated rings. The maximum Gasteiger partial charge on any atom is 0.307 e. The standard InChI is InChI=1S/C28H30N3.3C22H18N3.C18H16N3/c1-27(2,3)25(28(4,5)6)18-10-9-13-21-23(18)24-22-17(14-15-29-24)16-30-19-11-7-8-12-20(19)31(21)26(22)30;1-13(2)15-7-4-10-18-20(15)25-21-17(9-5-11-23-21)16-8-3-6-14-12-24(18)22(25)19(14)16;1-13(2)15-7-4-9-17-16-8-3-6-14-12-24-18-10-5-11-23-21(18)25(20(15)17)22(24)19(14)16;1-13(2)15-10-9-14-12-24-16-6-3-4-7-17(16)25-18-8-5-11-23-21(18)20(15)19(14)22(24)25;1-11(2)13-4-3-5-14-16(13)17-15-12(6-7-19-17)10-20-8-9-21(14)18(15)20/h7-15,25H,16H2,1-6H3;3*3-11,13H,12H2,1-2H3;3-9,11H,10H2,1-2H3/q5*+1. The molecule has 29 rings (SSSR count). The van der Waals surface area contributed by atoms with Crippen molar-refractivity contribution < 1.29 is 22.5 Å². The summed E-state index contributed by atoms with van der Waals surface area (Å²) in [5.74, 6) is 2.29. The molecule has 0 saturated heterocycles. The van der Waals surface area contributed by atoms with Gasteiger partial charge in [-0.25, -0.2) is 18.3 Å². The number of pyridine rings is 10. The van der Waals surface area contributed by atoms with Crippen LogP contribution in [0.2, 0.25) is 0 Å². The normalized spacial score (nSPS) is 13.6. The van der Waals surface area contributed by atoms with Gasteiger partial charge in [0.2, 0.25) is 11.3 Å². The molecule has 20 heterocycles. The van der Waals surface area contributed by atoms with Crippen molar-refractivity contribution in [2.75, 3.05) is 0 Å². The lowest BCUT2D eigenvalue weighted by atomic mass is 9.63. The third-order valence-corrected chi connectivity index (χ3v) is 28.7. The Morgan fingerprint density at radius 1 is 0.299 bits per heavy atom. The Morgan fingerprint density at radius 2 is 0.756 bits per heavy atom. The topological polar surface area (TPSA) is 107 Å². The van der Waals surface area contributed by atoms with Crippen LogP contribution in [0.3, 0.4) is 0 Å². The van der Waals surface area contributed by atoms with Crippen LogP contribution >= 0.6 is 0 Å². The molecule has 0 radical (unpaired) electrons. The minimum Gasteiger partial charge on any atom is -0.255 e. The van der Waals surface area contributed by atoms with E-state index in [0.29, 0.717) is 29.6 Å². The summed E-state index contributed by atoms with van der Waals surface area (Å²) >= 11 is 0. The van der Waals surface area contributed by atoms with Gasteiger partial charge in [0.15, 0.2) is 33.1 Å². The van der Waals surface area contributed by atoms with Crippen molar-refractivity contribution in [3.05, 3.63) is 317 Å². The van der Waals surface area contributed by atoms with Gasteiger partial charge in [0.1, 0.15) is 77.5 Å². The van der Waals surface area contributed by atoms with E-state index < -0.39 is 0 Å². The number of imidazole rings is 5. The first-order valence-electron chi connectivity index (χ1n) is 45.5. The van der Waals surface area contributed by atoms with Gasteiger partial charge in [-0.05, 0) is 165 Å². The Morgan fingerprint density at radius 3 is 1.41 bits per heavy atom. The molecule has 0 unspecified atom stereocenters. The minimum absolute atomic E-state index is 0.129. The van der Waals surface area contributed by atoms with Gasteiger partial charge in [-0.15, -0.1) is 9.97 Å². The summed E-state index contributed by atoms with van der Waals surface area (Å²) in [5, 5.41) is 16.0. The van der Waals surface area contributed by atoms with E-state index in [0.717, 1.165) is 60.6 Å². The van der Waals surface area contributed by atoms with Gasteiger partial charge >= 0.3 is 5.65 Å². The number of fused-ring (bicyclic) bond motifs is 27. The molecule has 0 spiro atoms. The Bertz CT molecular complexity index is 8960. The second kappa shape index (κ2) is 27.2. The van der Waals surface area contributed by atoms with Crippen molar-refractivity contribution in [1.29, 1.82) is 0 Å². The van der Waals surface area contributed by atoms with Crippen molar-refractivity contribution in [3.63, 3.8) is 0 Å². The average molecular weight is 1660 g/mol. The second-order valence-electron chi connectivity index (χ2n) is 39.5. The van der Waals surface area contributed by atoms with Gasteiger partial charge < -0.3 is 0 Å². The van der Waals surface area contributed by atoms with Crippen LogP contribution in [0, 0.1) is 10.8 Å². The maximum atomic E-state index is 5.00. The van der Waals surface area contributed by atoms with E-state index in [-0.39, 0.29) is 10.8 Å². The first kappa shape index (κ1) is 75.4. The molecule has 5 aliphatic rings. The SMILES string of the molecule is CC(C)(C)C(c1cccc2c1c1nccc3c1c1n2c2ccccc2[n+]1C3)C(C)(C)C.CC(C)c1ccc2c3c1c1ncccc1n1c4ccccc4[n+](c31)C2.CC(C)c1cccc2c1[n+]1c3ncccc3c3cccc4c3c1n2C4.CC(C)c1cccc2c1c1nccc3c1c1n2cc[n+]1C3.CC(C)c1cccc2c3cccc4c3c3n(c5cccnc5[n+]3c12)C4. The highest BCUT2D eigenvalue weighted by Crippen LogP contribution is 2.52. The van der Waals surface area contributed by atoms with E-state index >= 15 is 0 Å². The van der Waals surface area contributed by atoms with E-state index in [4.69, 9.17) is 24.9 Å². The zero-order valence-corrected chi connectivity index (χ0v) is 74.5. The number of hydrogen-bond donors (Lipinski definition) is 0. The first-order valence-corrected chi connectivity index (χ1v) is 45.5. The average Bonchev–Trinajstić information content (AvgIpc) is 1.56. The molecule has 0 N–H and O–H groups in total. The minimum atomic E-state index is 0.129. The smallest absolute Gasteiger partial charge is 0.255 e. The molecule has 15 aromatic heterocycles.